The summed E-state index contributed by atoms with van der Waals surface area (Å²) in [4.78, 5) is 0. The van der Waals surface area contributed by atoms with Crippen LogP contribution in [0.15, 0.2) is 18.2 Å². The molecule has 0 heterocycles. The lowest BCUT2D eigenvalue weighted by Crippen LogP contribution is -2.28. The van der Waals surface area contributed by atoms with E-state index in [2.05, 4.69) is 12.3 Å². The van der Waals surface area contributed by atoms with Gasteiger partial charge in [0.15, 0.2) is 0 Å². The number of aryl methyl sites for hydroxylation is 1. The van der Waals surface area contributed by atoms with Gasteiger partial charge in [-0.2, -0.15) is 13.2 Å². The molecule has 5 heteroatoms. The summed E-state index contributed by atoms with van der Waals surface area (Å²) in [6.45, 7) is 3.74. The summed E-state index contributed by atoms with van der Waals surface area (Å²) in [5, 5.41) is 0. The molecule has 0 fully saturated rings. The van der Waals surface area contributed by atoms with Crippen LogP contribution in [-0.2, 0) is 6.18 Å². The number of nitrogens with two attached hydrogens (primary N) is 1. The fourth-order valence-corrected chi connectivity index (χ4v) is 1.98. The van der Waals surface area contributed by atoms with E-state index in [-0.39, 0.29) is 6.04 Å². The summed E-state index contributed by atoms with van der Waals surface area (Å²) >= 11 is 0. The SMILES string of the molecule is CCCCC(NN)c1ccc(C(F)(F)F)cc1C. The third-order valence-electron chi connectivity index (χ3n) is 3.02. The predicted molar refractivity (Wildman–Crippen MR) is 65.8 cm³/mol. The topological polar surface area (TPSA) is 38.0 Å². The molecule has 0 aliphatic heterocycles. The second-order valence-electron chi connectivity index (χ2n) is 4.43. The highest BCUT2D eigenvalue weighted by Crippen LogP contribution is 2.32. The van der Waals surface area contributed by atoms with E-state index >= 15 is 0 Å². The average molecular weight is 260 g/mol. The third kappa shape index (κ3) is 3.71. The highest BCUT2D eigenvalue weighted by atomic mass is 19.4. The minimum atomic E-state index is -4.29. The number of unbranched alkanes of at least 4 members (excludes halogenated alkanes) is 1. The van der Waals surface area contributed by atoms with Crippen LogP contribution in [0, 0.1) is 6.92 Å². The molecule has 1 rings (SSSR count). The second-order valence-corrected chi connectivity index (χ2v) is 4.43. The Kier molecular flexibility index (Phi) is 5.16. The van der Waals surface area contributed by atoms with Crippen molar-refractivity contribution in [2.75, 3.05) is 0 Å². The molecule has 0 aliphatic rings. The number of hydrogen-bond acceptors (Lipinski definition) is 2. The molecule has 1 aromatic carbocycles. The van der Waals surface area contributed by atoms with Gasteiger partial charge < -0.3 is 0 Å². The van der Waals surface area contributed by atoms with E-state index in [1.165, 1.54) is 12.1 Å². The molecule has 0 bridgehead atoms. The summed E-state index contributed by atoms with van der Waals surface area (Å²) < 4.78 is 37.6. The first-order chi connectivity index (χ1) is 8.40. The van der Waals surface area contributed by atoms with Crippen LogP contribution in [0.3, 0.4) is 0 Å². The normalized spacial score (nSPS) is 13.7. The zero-order valence-corrected chi connectivity index (χ0v) is 10.6. The molecule has 0 saturated heterocycles. The number of hydrazine groups is 1. The fourth-order valence-electron chi connectivity index (χ4n) is 1.98. The highest BCUT2D eigenvalue weighted by molar-refractivity contribution is 5.34. The first-order valence-electron chi connectivity index (χ1n) is 6.04. The zero-order valence-electron chi connectivity index (χ0n) is 10.6. The number of nitrogens with one attached hydrogen (secondary N) is 1. The molecule has 3 N–H and O–H groups in total. The molecule has 1 unspecified atom stereocenters. The van der Waals surface area contributed by atoms with Crippen LogP contribution in [0.5, 0.6) is 0 Å². The Hall–Kier alpha value is -1.07. The summed E-state index contributed by atoms with van der Waals surface area (Å²) in [5.41, 5.74) is 3.50. The van der Waals surface area contributed by atoms with Crippen molar-refractivity contribution in [2.24, 2.45) is 5.84 Å². The molecular weight excluding hydrogens is 241 g/mol. The summed E-state index contributed by atoms with van der Waals surface area (Å²) in [7, 11) is 0. The maximum Gasteiger partial charge on any atom is 0.416 e. The largest absolute Gasteiger partial charge is 0.416 e. The van der Waals surface area contributed by atoms with Crippen molar-refractivity contribution < 1.29 is 13.2 Å². The quantitative estimate of drug-likeness (QED) is 0.625. The van der Waals surface area contributed by atoms with Gasteiger partial charge in [0, 0.05) is 6.04 Å². The van der Waals surface area contributed by atoms with Crippen molar-refractivity contribution in [2.45, 2.75) is 45.3 Å². The van der Waals surface area contributed by atoms with Gasteiger partial charge in [0.05, 0.1) is 5.56 Å². The molecule has 0 saturated carbocycles. The molecule has 18 heavy (non-hydrogen) atoms. The summed E-state index contributed by atoms with van der Waals surface area (Å²) in [5.74, 6) is 5.47. The van der Waals surface area contributed by atoms with E-state index < -0.39 is 11.7 Å². The van der Waals surface area contributed by atoms with Gasteiger partial charge in [-0.15, -0.1) is 0 Å². The Balaban J connectivity index is 2.96. The fraction of sp³-hybridized carbons (Fsp3) is 0.538. The molecule has 102 valence electrons. The Labute approximate surface area is 105 Å². The molecule has 0 aromatic heterocycles. The molecule has 0 amide bonds. The van der Waals surface area contributed by atoms with Crippen molar-refractivity contribution in [1.29, 1.82) is 0 Å². The highest BCUT2D eigenvalue weighted by Gasteiger charge is 2.30. The number of halogens is 3. The van der Waals surface area contributed by atoms with Crippen molar-refractivity contribution in [3.8, 4) is 0 Å². The van der Waals surface area contributed by atoms with Gasteiger partial charge in [0.1, 0.15) is 0 Å². The van der Waals surface area contributed by atoms with E-state index in [4.69, 9.17) is 5.84 Å². The van der Waals surface area contributed by atoms with Crippen molar-refractivity contribution in [1.82, 2.24) is 5.43 Å². The van der Waals surface area contributed by atoms with E-state index in [1.54, 1.807) is 6.92 Å². The van der Waals surface area contributed by atoms with E-state index in [1.807, 2.05) is 0 Å². The second kappa shape index (κ2) is 6.20. The van der Waals surface area contributed by atoms with Crippen LogP contribution in [0.25, 0.3) is 0 Å². The Bertz CT molecular complexity index is 388. The maximum atomic E-state index is 12.5. The molecule has 1 aromatic rings. The Morgan fingerprint density at radius 3 is 2.44 bits per heavy atom. The number of hydrogen-bond donors (Lipinski definition) is 2. The van der Waals surface area contributed by atoms with Crippen molar-refractivity contribution >= 4 is 0 Å². The van der Waals surface area contributed by atoms with Gasteiger partial charge in [-0.3, -0.25) is 11.3 Å². The van der Waals surface area contributed by atoms with E-state index in [0.717, 1.165) is 30.9 Å². The van der Waals surface area contributed by atoms with Crippen LogP contribution < -0.4 is 11.3 Å². The lowest BCUT2D eigenvalue weighted by Gasteiger charge is -2.19. The number of benzene rings is 1. The molecule has 0 aliphatic carbocycles. The maximum absolute atomic E-state index is 12.5. The Morgan fingerprint density at radius 2 is 2.00 bits per heavy atom. The number of alkyl halides is 3. The van der Waals surface area contributed by atoms with Crippen LogP contribution >= 0.6 is 0 Å². The molecule has 1 atom stereocenters. The van der Waals surface area contributed by atoms with Crippen molar-refractivity contribution in [3.05, 3.63) is 34.9 Å². The molecule has 0 spiro atoms. The van der Waals surface area contributed by atoms with E-state index in [0.29, 0.717) is 5.56 Å². The van der Waals surface area contributed by atoms with Crippen LogP contribution in [0.1, 0.15) is 48.9 Å². The first-order valence-corrected chi connectivity index (χ1v) is 6.04. The van der Waals surface area contributed by atoms with Crippen LogP contribution in [0.4, 0.5) is 13.2 Å². The van der Waals surface area contributed by atoms with Crippen LogP contribution in [-0.4, -0.2) is 0 Å². The summed E-state index contributed by atoms with van der Waals surface area (Å²) in [6, 6.07) is 3.70. The lowest BCUT2D eigenvalue weighted by molar-refractivity contribution is -0.137. The smallest absolute Gasteiger partial charge is 0.271 e. The minimum absolute atomic E-state index is 0.0905. The predicted octanol–water partition coefficient (Wildman–Crippen LogP) is 3.71. The van der Waals surface area contributed by atoms with Gasteiger partial charge >= 0.3 is 6.18 Å². The lowest BCUT2D eigenvalue weighted by atomic mass is 9.95. The average Bonchev–Trinajstić information content (AvgIpc) is 2.30. The van der Waals surface area contributed by atoms with Gasteiger partial charge in [0.25, 0.3) is 0 Å². The van der Waals surface area contributed by atoms with Gasteiger partial charge in [-0.25, -0.2) is 0 Å². The van der Waals surface area contributed by atoms with E-state index in [9.17, 15) is 13.2 Å². The molecule has 2 nitrogen and oxygen atoms in total. The minimum Gasteiger partial charge on any atom is -0.271 e. The third-order valence-corrected chi connectivity index (χ3v) is 3.02. The summed E-state index contributed by atoms with van der Waals surface area (Å²) in [6.07, 6.45) is -1.47. The van der Waals surface area contributed by atoms with Crippen molar-refractivity contribution in [3.63, 3.8) is 0 Å². The standard InChI is InChI=1S/C13H19F3N2/c1-3-4-5-12(18-17)11-7-6-10(8-9(11)2)13(14,15)16/h6-8,12,18H,3-5,17H2,1-2H3. The monoisotopic (exact) mass is 260 g/mol. The molecule has 0 radical (unpaired) electrons. The van der Waals surface area contributed by atoms with Crippen LogP contribution in [0.2, 0.25) is 0 Å². The zero-order chi connectivity index (χ0) is 13.8. The van der Waals surface area contributed by atoms with Gasteiger partial charge in [-0.05, 0) is 36.6 Å². The van der Waals surface area contributed by atoms with Gasteiger partial charge in [-0.1, -0.05) is 25.8 Å². The van der Waals surface area contributed by atoms with Gasteiger partial charge in [0.2, 0.25) is 0 Å². The first kappa shape index (κ1) is 15.0. The number of rotatable bonds is 5. The Morgan fingerprint density at radius 1 is 1.33 bits per heavy atom. The molecular formula is C13H19F3N2.